The highest BCUT2D eigenvalue weighted by molar-refractivity contribution is 6.30. The minimum Gasteiger partial charge on any atom is -0.497 e. The number of rotatable bonds is 5. The van der Waals surface area contributed by atoms with Gasteiger partial charge in [-0.05, 0) is 54.8 Å². The Balaban J connectivity index is 1.72. The number of aromatic nitrogens is 2. The van der Waals surface area contributed by atoms with Crippen molar-refractivity contribution >= 4 is 40.5 Å². The van der Waals surface area contributed by atoms with Crippen molar-refractivity contribution in [2.24, 2.45) is 5.92 Å². The molecule has 1 aromatic heterocycles. The first-order valence-corrected chi connectivity index (χ1v) is 9.77. The maximum Gasteiger partial charge on any atom is 0.229 e. The molecule has 1 aliphatic rings. The molecule has 0 saturated heterocycles. The van der Waals surface area contributed by atoms with E-state index in [0.29, 0.717) is 28.8 Å². The normalized spacial score (nSPS) is 15.6. The lowest BCUT2D eigenvalue weighted by Crippen LogP contribution is -2.22. The molecule has 0 bridgehead atoms. The zero-order chi connectivity index (χ0) is 20.4. The van der Waals surface area contributed by atoms with Crippen molar-refractivity contribution in [3.05, 3.63) is 64.8 Å². The second kappa shape index (κ2) is 8.09. The Morgan fingerprint density at radius 1 is 1.03 bits per heavy atom. The molecule has 0 radical (unpaired) electrons. The molecule has 1 heterocycles. The number of carbonyl (C=O) groups is 1. The molecule has 1 unspecified atom stereocenters. The van der Waals surface area contributed by atoms with Crippen molar-refractivity contribution in [1.82, 2.24) is 9.97 Å². The maximum atomic E-state index is 12.7. The summed E-state index contributed by atoms with van der Waals surface area (Å²) in [5.41, 5.74) is 2.91. The van der Waals surface area contributed by atoms with E-state index in [4.69, 9.17) is 16.3 Å². The fourth-order valence-corrected chi connectivity index (χ4v) is 3.61. The van der Waals surface area contributed by atoms with Gasteiger partial charge >= 0.3 is 0 Å². The van der Waals surface area contributed by atoms with Crippen LogP contribution in [0.2, 0.25) is 5.02 Å². The minimum absolute atomic E-state index is 0.0549. The van der Waals surface area contributed by atoms with Crippen molar-refractivity contribution in [3.8, 4) is 5.75 Å². The van der Waals surface area contributed by atoms with E-state index in [-0.39, 0.29) is 11.7 Å². The van der Waals surface area contributed by atoms with Crippen LogP contribution in [0.5, 0.6) is 5.75 Å². The first kappa shape index (κ1) is 19.2. The molecule has 0 spiro atoms. The van der Waals surface area contributed by atoms with Crippen LogP contribution in [0, 0.1) is 5.92 Å². The van der Waals surface area contributed by atoms with Crippen LogP contribution in [0.15, 0.2) is 48.5 Å². The van der Waals surface area contributed by atoms with Crippen molar-refractivity contribution in [1.29, 1.82) is 0 Å². The molecule has 2 N–H and O–H groups in total. The highest BCUT2D eigenvalue weighted by Crippen LogP contribution is 2.32. The van der Waals surface area contributed by atoms with E-state index < -0.39 is 0 Å². The fourth-order valence-electron chi connectivity index (χ4n) is 3.42. The second-order valence-electron chi connectivity index (χ2n) is 7.14. The van der Waals surface area contributed by atoms with E-state index in [1.165, 1.54) is 0 Å². The molecular weight excluding hydrogens is 388 g/mol. The van der Waals surface area contributed by atoms with Gasteiger partial charge in [0.15, 0.2) is 5.78 Å². The summed E-state index contributed by atoms with van der Waals surface area (Å²) >= 11 is 6.10. The molecule has 0 aliphatic heterocycles. The SMILES string of the molecule is COc1ccc(Nc2nc3c(c(Nc4cccc(Cl)c4)n2)C(=O)CC(C)C3)cc1. The lowest BCUT2D eigenvalue weighted by molar-refractivity contribution is 0.0953. The maximum absolute atomic E-state index is 12.7. The molecule has 7 heteroatoms. The Hall–Kier alpha value is -3.12. The van der Waals surface area contributed by atoms with Gasteiger partial charge in [-0.25, -0.2) is 4.98 Å². The first-order valence-electron chi connectivity index (χ1n) is 9.39. The highest BCUT2D eigenvalue weighted by Gasteiger charge is 2.28. The largest absolute Gasteiger partial charge is 0.497 e. The van der Waals surface area contributed by atoms with E-state index in [2.05, 4.69) is 27.5 Å². The summed E-state index contributed by atoms with van der Waals surface area (Å²) in [5, 5.41) is 7.07. The molecule has 29 heavy (non-hydrogen) atoms. The molecule has 2 aromatic carbocycles. The molecular formula is C22H21ClN4O2. The smallest absolute Gasteiger partial charge is 0.229 e. The van der Waals surface area contributed by atoms with Crippen LogP contribution in [0.1, 0.15) is 29.4 Å². The number of nitrogens with one attached hydrogen (secondary N) is 2. The van der Waals surface area contributed by atoms with Gasteiger partial charge in [-0.1, -0.05) is 24.6 Å². The van der Waals surface area contributed by atoms with E-state index in [1.54, 1.807) is 19.2 Å². The highest BCUT2D eigenvalue weighted by atomic mass is 35.5. The van der Waals surface area contributed by atoms with Gasteiger partial charge in [-0.3, -0.25) is 4.79 Å². The fraction of sp³-hybridized carbons (Fsp3) is 0.227. The summed E-state index contributed by atoms with van der Waals surface area (Å²) in [6, 6.07) is 14.8. The summed E-state index contributed by atoms with van der Waals surface area (Å²) in [4.78, 5) is 22.0. The van der Waals surface area contributed by atoms with Gasteiger partial charge in [-0.2, -0.15) is 4.98 Å². The Morgan fingerprint density at radius 3 is 2.55 bits per heavy atom. The third-order valence-corrected chi connectivity index (χ3v) is 5.01. The number of carbonyl (C=O) groups excluding carboxylic acids is 1. The average molecular weight is 409 g/mol. The van der Waals surface area contributed by atoms with E-state index >= 15 is 0 Å². The van der Waals surface area contributed by atoms with Crippen molar-refractivity contribution in [2.45, 2.75) is 19.8 Å². The molecule has 148 valence electrons. The molecule has 3 aromatic rings. The number of benzene rings is 2. The molecule has 1 atom stereocenters. The topological polar surface area (TPSA) is 76.1 Å². The molecule has 6 nitrogen and oxygen atoms in total. The summed E-state index contributed by atoms with van der Waals surface area (Å²) in [5.74, 6) is 1.99. The van der Waals surface area contributed by atoms with Gasteiger partial charge in [0.1, 0.15) is 11.6 Å². The van der Waals surface area contributed by atoms with Crippen LogP contribution in [-0.4, -0.2) is 22.9 Å². The monoisotopic (exact) mass is 408 g/mol. The molecule has 4 rings (SSSR count). The van der Waals surface area contributed by atoms with E-state index in [9.17, 15) is 4.79 Å². The standard InChI is InChI=1S/C22H21ClN4O2/c1-13-10-18-20(19(28)11-13)21(24-16-5-3-4-14(23)12-16)27-22(26-18)25-15-6-8-17(29-2)9-7-15/h3-9,12-13H,10-11H2,1-2H3,(H2,24,25,26,27). The summed E-state index contributed by atoms with van der Waals surface area (Å²) in [6.45, 7) is 2.06. The number of ketones is 1. The quantitative estimate of drug-likeness (QED) is 0.589. The van der Waals surface area contributed by atoms with Crippen LogP contribution in [0.25, 0.3) is 0 Å². The number of ether oxygens (including phenoxy) is 1. The summed E-state index contributed by atoms with van der Waals surface area (Å²) < 4.78 is 5.20. The van der Waals surface area contributed by atoms with E-state index in [0.717, 1.165) is 29.2 Å². The van der Waals surface area contributed by atoms with E-state index in [1.807, 2.05) is 36.4 Å². The lowest BCUT2D eigenvalue weighted by atomic mass is 9.87. The molecule has 1 aliphatic carbocycles. The van der Waals surface area contributed by atoms with Gasteiger partial charge in [-0.15, -0.1) is 0 Å². The van der Waals surface area contributed by atoms with Crippen LogP contribution in [0.3, 0.4) is 0 Å². The van der Waals surface area contributed by atoms with Crippen molar-refractivity contribution in [3.63, 3.8) is 0 Å². The van der Waals surface area contributed by atoms with Crippen LogP contribution >= 0.6 is 11.6 Å². The van der Waals surface area contributed by atoms with Crippen LogP contribution in [-0.2, 0) is 6.42 Å². The van der Waals surface area contributed by atoms with Gasteiger partial charge in [0.2, 0.25) is 5.95 Å². The van der Waals surface area contributed by atoms with Crippen LogP contribution in [0.4, 0.5) is 23.1 Å². The third kappa shape index (κ3) is 4.32. The molecule has 0 saturated carbocycles. The number of methoxy groups -OCH3 is 1. The average Bonchev–Trinajstić information content (AvgIpc) is 2.68. The zero-order valence-electron chi connectivity index (χ0n) is 16.2. The first-order chi connectivity index (χ1) is 14.0. The number of halogens is 1. The number of anilines is 4. The minimum atomic E-state index is 0.0549. The number of nitrogens with zero attached hydrogens (tertiary/aromatic N) is 2. The van der Waals surface area contributed by atoms with Crippen molar-refractivity contribution < 1.29 is 9.53 Å². The summed E-state index contributed by atoms with van der Waals surface area (Å²) in [7, 11) is 1.63. The Morgan fingerprint density at radius 2 is 1.83 bits per heavy atom. The zero-order valence-corrected chi connectivity index (χ0v) is 17.0. The second-order valence-corrected chi connectivity index (χ2v) is 7.58. The lowest BCUT2D eigenvalue weighted by Gasteiger charge is -2.23. The number of hydrogen-bond donors (Lipinski definition) is 2. The molecule has 0 amide bonds. The molecule has 0 fully saturated rings. The van der Waals surface area contributed by atoms with Crippen molar-refractivity contribution in [2.75, 3.05) is 17.7 Å². The predicted molar refractivity (Wildman–Crippen MR) is 115 cm³/mol. The van der Waals surface area contributed by atoms with Gasteiger partial charge in [0.05, 0.1) is 18.4 Å². The van der Waals surface area contributed by atoms with Crippen LogP contribution < -0.4 is 15.4 Å². The summed E-state index contributed by atoms with van der Waals surface area (Å²) in [6.07, 6.45) is 1.22. The Labute approximate surface area is 174 Å². The Bertz CT molecular complexity index is 1050. The number of hydrogen-bond acceptors (Lipinski definition) is 6. The van der Waals surface area contributed by atoms with Gasteiger partial charge in [0.25, 0.3) is 0 Å². The number of Topliss-reactive ketones (excluding diaryl/α,β-unsaturated/α-hetero) is 1. The Kier molecular flexibility index (Phi) is 5.36. The predicted octanol–water partition coefficient (Wildman–Crippen LogP) is 5.39. The van der Waals surface area contributed by atoms with Gasteiger partial charge in [0, 0.05) is 22.8 Å². The van der Waals surface area contributed by atoms with Gasteiger partial charge < -0.3 is 15.4 Å². The number of fused-ring (bicyclic) bond motifs is 1. The third-order valence-electron chi connectivity index (χ3n) is 4.77.